The number of methoxy groups -OCH3 is 1. The number of hydrogen-bond acceptors (Lipinski definition) is 6. The highest BCUT2D eigenvalue weighted by Gasteiger charge is 2.21. The van der Waals surface area contributed by atoms with E-state index in [9.17, 15) is 9.59 Å². The monoisotopic (exact) mass is 525 g/mol. The Kier molecular flexibility index (Phi) is 9.13. The van der Waals surface area contributed by atoms with Crippen molar-refractivity contribution in [2.24, 2.45) is 11.0 Å². The number of hydrogen-bond donors (Lipinski definition) is 2. The Morgan fingerprint density at radius 3 is 2.44 bits per heavy atom. The summed E-state index contributed by atoms with van der Waals surface area (Å²) in [5.74, 6) is -0.0790. The van der Waals surface area contributed by atoms with Gasteiger partial charge in [0.15, 0.2) is 11.5 Å². The Balaban J connectivity index is 1.36. The molecule has 2 amide bonds. The average molecular weight is 526 g/mol. The van der Waals surface area contributed by atoms with Crippen molar-refractivity contribution in [1.82, 2.24) is 5.43 Å². The maximum Gasteiger partial charge on any atom is 0.252 e. The predicted octanol–water partition coefficient (Wildman–Crippen LogP) is 5.55. The van der Waals surface area contributed by atoms with E-state index in [1.54, 1.807) is 37.4 Å². The molecule has 200 valence electrons. The van der Waals surface area contributed by atoms with Crippen LogP contribution in [0.25, 0.3) is 10.8 Å². The second kappa shape index (κ2) is 13.1. The number of fused-ring (bicyclic) bond motifs is 1. The molecule has 0 fully saturated rings. The first kappa shape index (κ1) is 27.2. The van der Waals surface area contributed by atoms with Crippen molar-refractivity contribution in [1.29, 1.82) is 0 Å². The molecule has 0 spiro atoms. The van der Waals surface area contributed by atoms with Crippen LogP contribution in [0.4, 0.5) is 5.69 Å². The number of nitrogens with one attached hydrogen (secondary N) is 2. The third kappa shape index (κ3) is 7.13. The van der Waals surface area contributed by atoms with E-state index in [1.807, 2.05) is 43.3 Å². The minimum atomic E-state index is -0.951. The van der Waals surface area contributed by atoms with Gasteiger partial charge in [0.05, 0.1) is 19.9 Å². The minimum Gasteiger partial charge on any atom is -0.497 e. The van der Waals surface area contributed by atoms with Gasteiger partial charge in [-0.3, -0.25) is 9.59 Å². The zero-order chi connectivity index (χ0) is 27.6. The second-order valence-corrected chi connectivity index (χ2v) is 8.74. The Morgan fingerprint density at radius 1 is 0.897 bits per heavy atom. The van der Waals surface area contributed by atoms with Crippen LogP contribution in [-0.2, 0) is 16.2 Å². The van der Waals surface area contributed by atoms with E-state index < -0.39 is 17.7 Å². The number of rotatable bonds is 11. The molecule has 8 heteroatoms. The van der Waals surface area contributed by atoms with Gasteiger partial charge in [-0.1, -0.05) is 42.5 Å². The lowest BCUT2D eigenvalue weighted by Gasteiger charge is -2.14. The molecule has 1 unspecified atom stereocenters. The molecule has 4 rings (SSSR count). The summed E-state index contributed by atoms with van der Waals surface area (Å²) in [5.41, 5.74) is 4.77. The van der Waals surface area contributed by atoms with Crippen LogP contribution in [0.1, 0.15) is 25.0 Å². The zero-order valence-electron chi connectivity index (χ0n) is 22.1. The standard InChI is InChI=1S/C31H31N3O5/c1-4-38-29-18-22(12-17-28(29)39-20-24-10-7-9-23-8-5-6-11-27(23)24)19-32-34-31(36)21(2)30(35)33-25-13-15-26(37-3)16-14-25/h5-19,21H,4,20H2,1-3H3,(H,33,35)(H,34,36). The molecule has 0 aromatic heterocycles. The summed E-state index contributed by atoms with van der Waals surface area (Å²) in [6, 6.07) is 26.6. The van der Waals surface area contributed by atoms with Gasteiger partial charge in [-0.25, -0.2) is 5.43 Å². The van der Waals surface area contributed by atoms with Crippen LogP contribution in [0.5, 0.6) is 17.2 Å². The second-order valence-electron chi connectivity index (χ2n) is 8.74. The maximum absolute atomic E-state index is 12.5. The number of nitrogens with zero attached hydrogens (tertiary/aromatic N) is 1. The molecule has 4 aromatic rings. The molecule has 0 saturated carbocycles. The van der Waals surface area contributed by atoms with Crippen molar-refractivity contribution in [2.75, 3.05) is 19.0 Å². The number of anilines is 1. The number of hydrazone groups is 1. The van der Waals surface area contributed by atoms with Gasteiger partial charge >= 0.3 is 0 Å². The van der Waals surface area contributed by atoms with Crippen LogP contribution < -0.4 is 25.0 Å². The summed E-state index contributed by atoms with van der Waals surface area (Å²) >= 11 is 0. The summed E-state index contributed by atoms with van der Waals surface area (Å²) in [5, 5.41) is 9.02. The largest absolute Gasteiger partial charge is 0.497 e. The molecule has 2 N–H and O–H groups in total. The van der Waals surface area contributed by atoms with Gasteiger partial charge in [-0.2, -0.15) is 5.10 Å². The lowest BCUT2D eigenvalue weighted by atomic mass is 10.1. The first-order chi connectivity index (χ1) is 19.0. The molecular weight excluding hydrogens is 494 g/mol. The van der Waals surface area contributed by atoms with Crippen LogP contribution in [0.3, 0.4) is 0 Å². The van der Waals surface area contributed by atoms with Crippen molar-refractivity contribution in [2.45, 2.75) is 20.5 Å². The SMILES string of the molecule is CCOc1cc(C=NNC(=O)C(C)C(=O)Nc2ccc(OC)cc2)ccc1OCc1cccc2ccccc12. The molecular formula is C31H31N3O5. The van der Waals surface area contributed by atoms with Crippen molar-refractivity contribution < 1.29 is 23.8 Å². The van der Waals surface area contributed by atoms with Gasteiger partial charge in [0.25, 0.3) is 5.91 Å². The summed E-state index contributed by atoms with van der Waals surface area (Å²) < 4.78 is 17.0. The number of amides is 2. The van der Waals surface area contributed by atoms with Gasteiger partial charge in [0.2, 0.25) is 5.91 Å². The maximum atomic E-state index is 12.5. The Labute approximate surface area is 227 Å². The van der Waals surface area contributed by atoms with Crippen LogP contribution in [0, 0.1) is 5.92 Å². The van der Waals surface area contributed by atoms with Gasteiger partial charge in [-0.15, -0.1) is 0 Å². The highest BCUT2D eigenvalue weighted by molar-refractivity contribution is 6.06. The van der Waals surface area contributed by atoms with Gasteiger partial charge in [0, 0.05) is 5.69 Å². The lowest BCUT2D eigenvalue weighted by molar-refractivity contribution is -0.131. The van der Waals surface area contributed by atoms with E-state index in [4.69, 9.17) is 14.2 Å². The summed E-state index contributed by atoms with van der Waals surface area (Å²) in [4.78, 5) is 24.9. The highest BCUT2D eigenvalue weighted by Crippen LogP contribution is 2.30. The number of carbonyl (C=O) groups is 2. The molecule has 0 aliphatic carbocycles. The Hall–Kier alpha value is -4.85. The normalized spacial score (nSPS) is 11.7. The molecule has 0 bridgehead atoms. The highest BCUT2D eigenvalue weighted by atomic mass is 16.5. The van der Waals surface area contributed by atoms with Crippen molar-refractivity contribution in [3.63, 3.8) is 0 Å². The van der Waals surface area contributed by atoms with Crippen molar-refractivity contribution >= 4 is 34.5 Å². The van der Waals surface area contributed by atoms with Crippen LogP contribution >= 0.6 is 0 Å². The van der Waals surface area contributed by atoms with Crippen LogP contribution in [0.2, 0.25) is 0 Å². The third-order valence-electron chi connectivity index (χ3n) is 6.06. The number of carbonyl (C=O) groups excluding carboxylic acids is 2. The first-order valence-electron chi connectivity index (χ1n) is 12.6. The fourth-order valence-corrected chi connectivity index (χ4v) is 3.88. The molecule has 1 atom stereocenters. The zero-order valence-corrected chi connectivity index (χ0v) is 22.1. The van der Waals surface area contributed by atoms with Gasteiger partial charge in [-0.05, 0) is 78.2 Å². The van der Waals surface area contributed by atoms with Gasteiger partial charge in [0.1, 0.15) is 18.3 Å². The fourth-order valence-electron chi connectivity index (χ4n) is 3.88. The molecule has 0 aliphatic heterocycles. The van der Waals surface area contributed by atoms with Crippen molar-refractivity contribution in [3.8, 4) is 17.2 Å². The Morgan fingerprint density at radius 2 is 1.67 bits per heavy atom. The van der Waals surface area contributed by atoms with Crippen molar-refractivity contribution in [3.05, 3.63) is 96.1 Å². The van der Waals surface area contributed by atoms with E-state index in [1.165, 1.54) is 13.1 Å². The quantitative estimate of drug-likeness (QED) is 0.152. The van der Waals surface area contributed by atoms with E-state index in [0.29, 0.717) is 41.7 Å². The lowest BCUT2D eigenvalue weighted by Crippen LogP contribution is -2.34. The molecule has 8 nitrogen and oxygen atoms in total. The van der Waals surface area contributed by atoms with E-state index in [0.717, 1.165) is 16.3 Å². The summed E-state index contributed by atoms with van der Waals surface area (Å²) in [6.45, 7) is 4.26. The van der Waals surface area contributed by atoms with E-state index in [-0.39, 0.29) is 0 Å². The smallest absolute Gasteiger partial charge is 0.252 e. The number of benzene rings is 4. The molecule has 4 aromatic carbocycles. The molecule has 0 heterocycles. The minimum absolute atomic E-state index is 0.390. The van der Waals surface area contributed by atoms with E-state index in [2.05, 4.69) is 34.0 Å². The average Bonchev–Trinajstić information content (AvgIpc) is 2.96. The van der Waals surface area contributed by atoms with E-state index >= 15 is 0 Å². The topological polar surface area (TPSA) is 98.2 Å². The molecule has 0 saturated heterocycles. The summed E-state index contributed by atoms with van der Waals surface area (Å²) in [7, 11) is 1.56. The van der Waals surface area contributed by atoms with Gasteiger partial charge < -0.3 is 19.5 Å². The first-order valence-corrected chi connectivity index (χ1v) is 12.6. The molecule has 0 radical (unpaired) electrons. The molecule has 0 aliphatic rings. The fraction of sp³-hybridized carbons (Fsp3) is 0.194. The Bertz CT molecular complexity index is 1460. The third-order valence-corrected chi connectivity index (χ3v) is 6.06. The summed E-state index contributed by atoms with van der Waals surface area (Å²) in [6.07, 6.45) is 1.49. The molecule has 39 heavy (non-hydrogen) atoms. The van der Waals surface area contributed by atoms with Crippen LogP contribution in [-0.4, -0.2) is 31.7 Å². The number of ether oxygens (including phenoxy) is 3. The van der Waals surface area contributed by atoms with Crippen LogP contribution in [0.15, 0.2) is 90.0 Å². The predicted molar refractivity (Wildman–Crippen MR) is 152 cm³/mol.